The number of nitrogens with two attached hydrogens (primary N) is 1. The molecule has 0 bridgehead atoms. The van der Waals surface area contributed by atoms with Crippen LogP contribution in [0.5, 0.6) is 17.2 Å². The van der Waals surface area contributed by atoms with Gasteiger partial charge >= 0.3 is 0 Å². The van der Waals surface area contributed by atoms with Crippen molar-refractivity contribution in [2.45, 2.75) is 20.5 Å². The van der Waals surface area contributed by atoms with Crippen molar-refractivity contribution >= 4 is 16.7 Å². The van der Waals surface area contributed by atoms with Crippen LogP contribution >= 0.6 is 0 Å². The van der Waals surface area contributed by atoms with E-state index in [4.69, 9.17) is 15.2 Å². The minimum absolute atomic E-state index is 0.260. The number of benzene rings is 3. The largest absolute Gasteiger partial charge is 0.484 e. The molecule has 0 aliphatic heterocycles. The van der Waals surface area contributed by atoms with Crippen LogP contribution in [0, 0.1) is 25.2 Å². The maximum atomic E-state index is 9.21. The number of rotatable bonds is 5. The Morgan fingerprint density at radius 1 is 1.03 bits per heavy atom. The van der Waals surface area contributed by atoms with Crippen molar-refractivity contribution in [1.29, 1.82) is 5.26 Å². The molecule has 0 saturated carbocycles. The first-order valence-electron chi connectivity index (χ1n) is 9.58. The summed E-state index contributed by atoms with van der Waals surface area (Å²) in [6.45, 7) is 4.20. The zero-order chi connectivity index (χ0) is 21.3. The fourth-order valence-corrected chi connectivity index (χ4v) is 3.37. The third-order valence-corrected chi connectivity index (χ3v) is 5.11. The van der Waals surface area contributed by atoms with Gasteiger partial charge in [0.15, 0.2) is 0 Å². The highest BCUT2D eigenvalue weighted by atomic mass is 16.5. The van der Waals surface area contributed by atoms with E-state index >= 15 is 0 Å². The van der Waals surface area contributed by atoms with Crippen LogP contribution in [0.15, 0.2) is 54.6 Å². The highest BCUT2D eigenvalue weighted by Gasteiger charge is 2.12. The van der Waals surface area contributed by atoms with E-state index in [1.165, 1.54) is 0 Å². The average molecular weight is 398 g/mol. The number of para-hydroxylation sites is 1. The monoisotopic (exact) mass is 398 g/mol. The number of aromatic nitrogens is 2. The molecule has 0 spiro atoms. The van der Waals surface area contributed by atoms with E-state index in [0.717, 1.165) is 45.2 Å². The summed E-state index contributed by atoms with van der Waals surface area (Å²) in [5.74, 6) is 2.77. The van der Waals surface area contributed by atoms with Crippen LogP contribution in [0.4, 0.5) is 5.69 Å². The number of hydrogen-bond acceptors (Lipinski definition) is 5. The summed E-state index contributed by atoms with van der Waals surface area (Å²) >= 11 is 0. The molecule has 6 nitrogen and oxygen atoms in total. The second kappa shape index (κ2) is 7.80. The number of nitriles is 1. The standard InChI is InChI=1S/C24H22N4O2/c1-15-10-19(11-16(2)24(15)26)30-18-8-9-20-21(12-18)28(3)23(27-20)14-29-22-7-5-4-6-17(22)13-25/h4-12H,14,26H2,1-3H3. The van der Waals surface area contributed by atoms with Gasteiger partial charge in [-0.2, -0.15) is 5.26 Å². The molecule has 6 heteroatoms. The van der Waals surface area contributed by atoms with Crippen molar-refractivity contribution < 1.29 is 9.47 Å². The fourth-order valence-electron chi connectivity index (χ4n) is 3.37. The summed E-state index contributed by atoms with van der Waals surface area (Å²) < 4.78 is 13.9. The topological polar surface area (TPSA) is 86.1 Å². The van der Waals surface area contributed by atoms with Gasteiger partial charge in [0.2, 0.25) is 0 Å². The molecule has 1 heterocycles. The summed E-state index contributed by atoms with van der Waals surface area (Å²) in [5, 5.41) is 9.21. The first-order chi connectivity index (χ1) is 14.5. The molecule has 1 aromatic heterocycles. The molecular weight excluding hydrogens is 376 g/mol. The Morgan fingerprint density at radius 2 is 1.77 bits per heavy atom. The van der Waals surface area contributed by atoms with Crippen molar-refractivity contribution in [1.82, 2.24) is 9.55 Å². The maximum absolute atomic E-state index is 9.21. The lowest BCUT2D eigenvalue weighted by atomic mass is 10.1. The van der Waals surface area contributed by atoms with Gasteiger partial charge in [0.1, 0.15) is 35.7 Å². The molecular formula is C24H22N4O2. The molecule has 0 amide bonds. The van der Waals surface area contributed by atoms with Crippen LogP contribution in [0.3, 0.4) is 0 Å². The van der Waals surface area contributed by atoms with Gasteiger partial charge in [-0.1, -0.05) is 12.1 Å². The summed E-state index contributed by atoms with van der Waals surface area (Å²) in [5.41, 5.74) is 11.1. The Balaban J connectivity index is 1.58. The smallest absolute Gasteiger partial charge is 0.147 e. The van der Waals surface area contributed by atoms with E-state index in [9.17, 15) is 5.26 Å². The SMILES string of the molecule is Cc1cc(Oc2ccc3nc(COc4ccccc4C#N)n(C)c3c2)cc(C)c1N. The van der Waals surface area contributed by atoms with Crippen LogP contribution in [-0.2, 0) is 13.7 Å². The third kappa shape index (κ3) is 3.65. The molecule has 0 fully saturated rings. The fraction of sp³-hybridized carbons (Fsp3) is 0.167. The van der Waals surface area contributed by atoms with Crippen molar-refractivity contribution in [2.24, 2.45) is 7.05 Å². The first-order valence-corrected chi connectivity index (χ1v) is 9.58. The van der Waals surface area contributed by atoms with Crippen LogP contribution in [-0.4, -0.2) is 9.55 Å². The van der Waals surface area contributed by atoms with E-state index < -0.39 is 0 Å². The molecule has 0 aliphatic rings. The number of ether oxygens (including phenoxy) is 2. The molecule has 2 N–H and O–H groups in total. The van der Waals surface area contributed by atoms with E-state index in [0.29, 0.717) is 11.3 Å². The van der Waals surface area contributed by atoms with E-state index in [-0.39, 0.29) is 6.61 Å². The number of hydrogen-bond donors (Lipinski definition) is 1. The second-order valence-corrected chi connectivity index (χ2v) is 7.21. The quantitative estimate of drug-likeness (QED) is 0.477. The van der Waals surface area contributed by atoms with Gasteiger partial charge in [0, 0.05) is 18.8 Å². The molecule has 0 radical (unpaired) electrons. The maximum Gasteiger partial charge on any atom is 0.147 e. The third-order valence-electron chi connectivity index (χ3n) is 5.11. The minimum Gasteiger partial charge on any atom is -0.484 e. The predicted octanol–water partition coefficient (Wildman–Crippen LogP) is 5.02. The zero-order valence-corrected chi connectivity index (χ0v) is 17.1. The Morgan fingerprint density at radius 3 is 2.50 bits per heavy atom. The molecule has 0 atom stereocenters. The number of aryl methyl sites for hydroxylation is 3. The molecule has 3 aromatic carbocycles. The summed E-state index contributed by atoms with van der Waals surface area (Å²) in [6, 6.07) is 18.9. The number of anilines is 1. The lowest BCUT2D eigenvalue weighted by Gasteiger charge is -2.11. The van der Waals surface area contributed by atoms with Gasteiger partial charge in [0.05, 0.1) is 16.6 Å². The van der Waals surface area contributed by atoms with Crippen LogP contribution in [0.25, 0.3) is 11.0 Å². The van der Waals surface area contributed by atoms with Crippen molar-refractivity contribution in [2.75, 3.05) is 5.73 Å². The normalized spacial score (nSPS) is 10.7. The highest BCUT2D eigenvalue weighted by molar-refractivity contribution is 5.78. The number of fused-ring (bicyclic) bond motifs is 1. The molecule has 150 valence electrons. The van der Waals surface area contributed by atoms with Gasteiger partial charge < -0.3 is 19.8 Å². The lowest BCUT2D eigenvalue weighted by Crippen LogP contribution is -2.04. The summed E-state index contributed by atoms with van der Waals surface area (Å²) in [7, 11) is 1.94. The average Bonchev–Trinajstić information content (AvgIpc) is 3.06. The molecule has 4 aromatic rings. The number of imidazole rings is 1. The summed E-state index contributed by atoms with van der Waals surface area (Å²) in [6.07, 6.45) is 0. The predicted molar refractivity (Wildman–Crippen MR) is 117 cm³/mol. The van der Waals surface area contributed by atoms with Gasteiger partial charge in [-0.05, 0) is 61.4 Å². The Bertz CT molecular complexity index is 1260. The Labute approximate surface area is 175 Å². The summed E-state index contributed by atoms with van der Waals surface area (Å²) in [4.78, 5) is 4.65. The van der Waals surface area contributed by atoms with Gasteiger partial charge in [-0.3, -0.25) is 0 Å². The van der Waals surface area contributed by atoms with Gasteiger partial charge in [0.25, 0.3) is 0 Å². The first kappa shape index (κ1) is 19.3. The molecule has 0 saturated heterocycles. The van der Waals surface area contributed by atoms with Crippen molar-refractivity contribution in [3.8, 4) is 23.3 Å². The minimum atomic E-state index is 0.260. The van der Waals surface area contributed by atoms with Crippen LogP contribution in [0.1, 0.15) is 22.5 Å². The highest BCUT2D eigenvalue weighted by Crippen LogP contribution is 2.30. The molecule has 0 aliphatic carbocycles. The molecule has 0 unspecified atom stereocenters. The van der Waals surface area contributed by atoms with E-state index in [2.05, 4.69) is 11.1 Å². The second-order valence-electron chi connectivity index (χ2n) is 7.21. The van der Waals surface area contributed by atoms with Crippen LogP contribution < -0.4 is 15.2 Å². The molecule has 4 rings (SSSR count). The van der Waals surface area contributed by atoms with E-state index in [1.54, 1.807) is 12.1 Å². The van der Waals surface area contributed by atoms with Crippen molar-refractivity contribution in [3.05, 3.63) is 77.1 Å². The zero-order valence-electron chi connectivity index (χ0n) is 17.1. The van der Waals surface area contributed by atoms with Crippen LogP contribution in [0.2, 0.25) is 0 Å². The number of nitrogens with zero attached hydrogens (tertiary/aromatic N) is 3. The Hall–Kier alpha value is -3.98. The Kier molecular flexibility index (Phi) is 5.03. The van der Waals surface area contributed by atoms with Gasteiger partial charge in [-0.15, -0.1) is 0 Å². The van der Waals surface area contributed by atoms with E-state index in [1.807, 2.05) is 67.9 Å². The van der Waals surface area contributed by atoms with Crippen molar-refractivity contribution in [3.63, 3.8) is 0 Å². The molecule has 30 heavy (non-hydrogen) atoms. The van der Waals surface area contributed by atoms with Gasteiger partial charge in [-0.25, -0.2) is 4.98 Å². The number of nitrogen functional groups attached to an aromatic ring is 1. The lowest BCUT2D eigenvalue weighted by molar-refractivity contribution is 0.291.